The van der Waals surface area contributed by atoms with Gasteiger partial charge in [-0.25, -0.2) is 13.5 Å². The van der Waals surface area contributed by atoms with E-state index in [1.165, 1.54) is 12.1 Å². The number of sulfonamides is 1. The molecule has 0 atom stereocenters. The molecule has 3 rings (SSSR count). The van der Waals surface area contributed by atoms with Crippen LogP contribution < -0.4 is 10.3 Å². The van der Waals surface area contributed by atoms with E-state index in [1.54, 1.807) is 24.3 Å². The molecule has 0 saturated carbocycles. The highest BCUT2D eigenvalue weighted by atomic mass is 32.2. The lowest BCUT2D eigenvalue weighted by molar-refractivity contribution is 0.603. The molecule has 0 amide bonds. The Bertz CT molecular complexity index is 985. The van der Waals surface area contributed by atoms with Crippen LogP contribution in [-0.4, -0.2) is 18.6 Å². The predicted octanol–water partition coefficient (Wildman–Crippen LogP) is 2.86. The number of benzene rings is 1. The lowest BCUT2D eigenvalue weighted by Gasteiger charge is -2.06. The highest BCUT2D eigenvalue weighted by molar-refractivity contribution is 7.94. The molecule has 2 heterocycles. The molecule has 0 saturated heterocycles. The Morgan fingerprint density at radius 2 is 1.83 bits per heavy atom. The van der Waals surface area contributed by atoms with Gasteiger partial charge >= 0.3 is 0 Å². The number of hydrogen-bond donors (Lipinski definition) is 2. The maximum atomic E-state index is 12.5. The first kappa shape index (κ1) is 16.4. The van der Waals surface area contributed by atoms with E-state index in [0.717, 1.165) is 23.3 Å². The normalized spacial score (nSPS) is 11.4. The fraction of sp³-hybridized carbons (Fsp3) is 0.125. The summed E-state index contributed by atoms with van der Waals surface area (Å²) in [4.78, 5) is 11.7. The molecule has 24 heavy (non-hydrogen) atoms. The number of hydrogen-bond acceptors (Lipinski definition) is 5. The number of nitrogens with zero attached hydrogens (tertiary/aromatic N) is 1. The first-order chi connectivity index (χ1) is 11.5. The van der Waals surface area contributed by atoms with Crippen molar-refractivity contribution in [2.45, 2.75) is 17.6 Å². The van der Waals surface area contributed by atoms with Crippen molar-refractivity contribution in [3.05, 3.63) is 64.4 Å². The van der Waals surface area contributed by atoms with Gasteiger partial charge in [-0.1, -0.05) is 19.1 Å². The second-order valence-corrected chi connectivity index (χ2v) is 8.07. The summed E-state index contributed by atoms with van der Waals surface area (Å²) in [6, 6.07) is 13.4. The van der Waals surface area contributed by atoms with Gasteiger partial charge in [-0.15, -0.1) is 11.3 Å². The number of anilines is 1. The van der Waals surface area contributed by atoms with Crippen molar-refractivity contribution in [2.75, 3.05) is 4.72 Å². The molecule has 124 valence electrons. The van der Waals surface area contributed by atoms with Crippen LogP contribution >= 0.6 is 11.3 Å². The van der Waals surface area contributed by atoms with E-state index in [2.05, 4.69) is 14.9 Å². The molecule has 0 fully saturated rings. The molecule has 1 aromatic carbocycles. The largest absolute Gasteiger partial charge is 0.279 e. The second-order valence-electron chi connectivity index (χ2n) is 5.08. The molecular weight excluding hydrogens is 346 g/mol. The van der Waals surface area contributed by atoms with Gasteiger partial charge in [-0.2, -0.15) is 5.10 Å². The Labute approximate surface area is 143 Å². The molecule has 0 aliphatic rings. The number of thiophene rings is 1. The van der Waals surface area contributed by atoms with Gasteiger partial charge in [0.25, 0.3) is 15.6 Å². The van der Waals surface area contributed by atoms with Gasteiger partial charge in [0.05, 0.1) is 4.88 Å². The van der Waals surface area contributed by atoms with Crippen LogP contribution in [0.2, 0.25) is 0 Å². The maximum Gasteiger partial charge on any atom is 0.271 e. The summed E-state index contributed by atoms with van der Waals surface area (Å²) in [5.41, 5.74) is 1.87. The van der Waals surface area contributed by atoms with Crippen LogP contribution in [0.25, 0.3) is 10.6 Å². The number of aromatic amines is 1. The van der Waals surface area contributed by atoms with Crippen molar-refractivity contribution in [3.63, 3.8) is 0 Å². The third-order valence-corrected chi connectivity index (χ3v) is 6.37. The quantitative estimate of drug-likeness (QED) is 0.731. The Kier molecular flexibility index (Phi) is 4.50. The minimum atomic E-state index is -3.66. The van der Waals surface area contributed by atoms with Crippen LogP contribution in [0.3, 0.4) is 0 Å². The van der Waals surface area contributed by atoms with Crippen LogP contribution in [0, 0.1) is 0 Å². The molecule has 8 heteroatoms. The van der Waals surface area contributed by atoms with E-state index in [0.29, 0.717) is 16.3 Å². The molecule has 2 aromatic heterocycles. The lowest BCUT2D eigenvalue weighted by Crippen LogP contribution is -2.11. The number of nitrogens with one attached hydrogen (secondary N) is 2. The van der Waals surface area contributed by atoms with Gasteiger partial charge in [-0.05, 0) is 42.3 Å². The number of aryl methyl sites for hydroxylation is 1. The van der Waals surface area contributed by atoms with E-state index >= 15 is 0 Å². The summed E-state index contributed by atoms with van der Waals surface area (Å²) in [5.74, 6) is 0. The van der Waals surface area contributed by atoms with Crippen molar-refractivity contribution in [1.29, 1.82) is 0 Å². The highest BCUT2D eigenvalue weighted by Gasteiger charge is 2.18. The topological polar surface area (TPSA) is 91.9 Å². The van der Waals surface area contributed by atoms with Gasteiger partial charge in [0, 0.05) is 11.8 Å². The van der Waals surface area contributed by atoms with Crippen molar-refractivity contribution >= 4 is 27.0 Å². The van der Waals surface area contributed by atoms with E-state index < -0.39 is 10.0 Å². The van der Waals surface area contributed by atoms with Crippen LogP contribution in [0.5, 0.6) is 0 Å². The van der Waals surface area contributed by atoms with Crippen LogP contribution in [-0.2, 0) is 16.4 Å². The average Bonchev–Trinajstić information content (AvgIpc) is 3.07. The van der Waals surface area contributed by atoms with Crippen LogP contribution in [0.1, 0.15) is 12.5 Å². The second kappa shape index (κ2) is 6.58. The SMILES string of the molecule is CCc1ccc(NS(=O)(=O)c2ccc(-c3ccc(=O)[nH]n3)s2)cc1. The molecule has 0 radical (unpaired) electrons. The Morgan fingerprint density at radius 3 is 2.46 bits per heavy atom. The van der Waals surface area contributed by atoms with E-state index in [1.807, 2.05) is 19.1 Å². The van der Waals surface area contributed by atoms with Crippen molar-refractivity contribution in [2.24, 2.45) is 0 Å². The van der Waals surface area contributed by atoms with E-state index in [4.69, 9.17) is 0 Å². The monoisotopic (exact) mass is 361 g/mol. The zero-order valence-electron chi connectivity index (χ0n) is 12.8. The van der Waals surface area contributed by atoms with Crippen molar-refractivity contribution in [1.82, 2.24) is 10.2 Å². The van der Waals surface area contributed by atoms with Gasteiger partial charge in [-0.3, -0.25) is 9.52 Å². The zero-order valence-corrected chi connectivity index (χ0v) is 14.4. The Balaban J connectivity index is 1.84. The van der Waals surface area contributed by atoms with Crippen LogP contribution in [0.4, 0.5) is 5.69 Å². The first-order valence-corrected chi connectivity index (χ1v) is 9.55. The Morgan fingerprint density at radius 1 is 1.08 bits per heavy atom. The molecule has 3 aromatic rings. The third kappa shape index (κ3) is 3.55. The summed E-state index contributed by atoms with van der Waals surface area (Å²) < 4.78 is 27.7. The van der Waals surface area contributed by atoms with E-state index in [-0.39, 0.29) is 9.77 Å². The summed E-state index contributed by atoms with van der Waals surface area (Å²) >= 11 is 1.09. The van der Waals surface area contributed by atoms with Crippen LogP contribution in [0.15, 0.2) is 57.5 Å². The summed E-state index contributed by atoms with van der Waals surface area (Å²) in [5, 5.41) is 6.24. The predicted molar refractivity (Wildman–Crippen MR) is 94.8 cm³/mol. The fourth-order valence-electron chi connectivity index (χ4n) is 2.10. The number of rotatable bonds is 5. The Hall–Kier alpha value is -2.45. The van der Waals surface area contributed by atoms with Gasteiger partial charge in [0.1, 0.15) is 9.90 Å². The number of H-pyrrole nitrogens is 1. The number of aromatic nitrogens is 2. The minimum absolute atomic E-state index is 0.185. The highest BCUT2D eigenvalue weighted by Crippen LogP contribution is 2.30. The van der Waals surface area contributed by atoms with Crippen molar-refractivity contribution in [3.8, 4) is 10.6 Å². The molecule has 0 aliphatic carbocycles. The van der Waals surface area contributed by atoms with Crippen molar-refractivity contribution < 1.29 is 8.42 Å². The fourth-order valence-corrected chi connectivity index (χ4v) is 4.43. The summed E-state index contributed by atoms with van der Waals surface area (Å²) in [6.45, 7) is 2.04. The molecule has 0 spiro atoms. The van der Waals surface area contributed by atoms with E-state index in [9.17, 15) is 13.2 Å². The standard InChI is InChI=1S/C16H15N3O3S2/c1-2-11-3-5-12(6-4-11)19-24(21,22)16-10-8-14(23-16)13-7-9-15(20)18-17-13/h3-10,19H,2H2,1H3,(H,18,20). The summed E-state index contributed by atoms with van der Waals surface area (Å²) in [7, 11) is -3.66. The molecule has 0 aliphatic heterocycles. The first-order valence-electron chi connectivity index (χ1n) is 7.25. The van der Waals surface area contributed by atoms with Gasteiger partial charge in [0.2, 0.25) is 0 Å². The molecule has 0 bridgehead atoms. The molecular formula is C16H15N3O3S2. The molecule has 0 unspecified atom stereocenters. The smallest absolute Gasteiger partial charge is 0.271 e. The minimum Gasteiger partial charge on any atom is -0.279 e. The average molecular weight is 361 g/mol. The van der Waals surface area contributed by atoms with Gasteiger partial charge < -0.3 is 0 Å². The lowest BCUT2D eigenvalue weighted by atomic mass is 10.2. The summed E-state index contributed by atoms with van der Waals surface area (Å²) in [6.07, 6.45) is 0.896. The van der Waals surface area contributed by atoms with Gasteiger partial charge in [0.15, 0.2) is 0 Å². The maximum absolute atomic E-state index is 12.5. The third-order valence-electron chi connectivity index (χ3n) is 3.39. The molecule has 6 nitrogen and oxygen atoms in total. The molecule has 2 N–H and O–H groups in total. The zero-order chi connectivity index (χ0) is 17.2.